The van der Waals surface area contributed by atoms with Crippen LogP contribution in [0.4, 0.5) is 17.6 Å². The highest BCUT2D eigenvalue weighted by Crippen LogP contribution is 2.44. The van der Waals surface area contributed by atoms with Crippen LogP contribution in [0, 0.1) is 5.92 Å². The maximum absolute atomic E-state index is 12.8. The Bertz CT molecular complexity index is 883. The van der Waals surface area contributed by atoms with Crippen LogP contribution in [0.25, 0.3) is 11.0 Å². The first kappa shape index (κ1) is 20.1. The Morgan fingerprint density at radius 1 is 1.17 bits per heavy atom. The highest BCUT2D eigenvalue weighted by atomic mass is 19.3. The van der Waals surface area contributed by atoms with Crippen molar-refractivity contribution in [3.63, 3.8) is 0 Å². The number of rotatable bonds is 8. The number of nitrogens with one attached hydrogen (secondary N) is 2. The molecule has 0 spiro atoms. The monoisotopic (exact) mass is 413 g/mol. The van der Waals surface area contributed by atoms with Gasteiger partial charge in [-0.3, -0.25) is 4.79 Å². The third-order valence-electron chi connectivity index (χ3n) is 5.48. The van der Waals surface area contributed by atoms with Gasteiger partial charge in [0.15, 0.2) is 0 Å². The quantitative estimate of drug-likeness (QED) is 0.644. The van der Waals surface area contributed by atoms with E-state index in [0.29, 0.717) is 25.4 Å². The summed E-state index contributed by atoms with van der Waals surface area (Å²) in [7, 11) is 0. The first-order chi connectivity index (χ1) is 13.7. The van der Waals surface area contributed by atoms with Crippen LogP contribution >= 0.6 is 0 Å². The minimum absolute atomic E-state index is 0.124. The first-order valence-corrected chi connectivity index (χ1v) is 9.79. The number of carbonyl (C=O) groups is 1. The van der Waals surface area contributed by atoms with E-state index >= 15 is 0 Å². The average molecular weight is 413 g/mol. The predicted octanol–water partition coefficient (Wildman–Crippen LogP) is 3.97. The summed E-state index contributed by atoms with van der Waals surface area (Å²) in [5, 5.41) is 2.76. The Morgan fingerprint density at radius 3 is 2.59 bits per heavy atom. The Balaban J connectivity index is 1.23. The number of halogens is 4. The van der Waals surface area contributed by atoms with E-state index in [4.69, 9.17) is 4.74 Å². The largest absolute Gasteiger partial charge is 0.377 e. The van der Waals surface area contributed by atoms with E-state index in [9.17, 15) is 22.4 Å². The standard InChI is InChI=1S/C20H23F4N3O2/c21-19(22)7-13(8-19)6-18(28)25-11-12-1-2-15-16(5-12)27-17(26-15)3-4-29-14-9-20(23,24)10-14/h1-2,5,13-14H,3-4,6-11H2,(H,25,28)(H,26,27). The summed E-state index contributed by atoms with van der Waals surface area (Å²) in [6.45, 7) is 0.634. The fourth-order valence-electron chi connectivity index (χ4n) is 3.85. The highest BCUT2D eigenvalue weighted by molar-refractivity contribution is 5.78. The molecule has 1 heterocycles. The second kappa shape index (κ2) is 7.59. The molecular formula is C20H23F4N3O2. The van der Waals surface area contributed by atoms with Gasteiger partial charge in [-0.1, -0.05) is 6.07 Å². The summed E-state index contributed by atoms with van der Waals surface area (Å²) < 4.78 is 56.7. The number of aromatic amines is 1. The third-order valence-corrected chi connectivity index (χ3v) is 5.48. The normalized spacial score (nSPS) is 21.0. The number of ether oxygens (including phenoxy) is 1. The molecule has 0 atom stereocenters. The Labute approximate surface area is 165 Å². The van der Waals surface area contributed by atoms with Crippen LogP contribution in [0.2, 0.25) is 0 Å². The number of imidazole rings is 1. The van der Waals surface area contributed by atoms with Crippen LogP contribution in [0.3, 0.4) is 0 Å². The summed E-state index contributed by atoms with van der Waals surface area (Å²) >= 11 is 0. The van der Waals surface area contributed by atoms with Gasteiger partial charge in [-0.05, 0) is 23.6 Å². The van der Waals surface area contributed by atoms with Crippen LogP contribution in [0.1, 0.15) is 43.5 Å². The van der Waals surface area contributed by atoms with Crippen molar-refractivity contribution in [2.75, 3.05) is 6.61 Å². The molecule has 0 aliphatic heterocycles. The maximum atomic E-state index is 12.8. The lowest BCUT2D eigenvalue weighted by molar-refractivity contribution is -0.164. The van der Waals surface area contributed by atoms with Crippen molar-refractivity contribution in [3.05, 3.63) is 29.6 Å². The van der Waals surface area contributed by atoms with Crippen LogP contribution in [-0.4, -0.2) is 40.4 Å². The molecule has 5 nitrogen and oxygen atoms in total. The van der Waals surface area contributed by atoms with Crippen molar-refractivity contribution in [1.29, 1.82) is 0 Å². The van der Waals surface area contributed by atoms with Gasteiger partial charge in [0.1, 0.15) is 5.82 Å². The molecule has 9 heteroatoms. The number of hydrogen-bond donors (Lipinski definition) is 2. The predicted molar refractivity (Wildman–Crippen MR) is 97.9 cm³/mol. The molecule has 1 aromatic heterocycles. The van der Waals surface area contributed by atoms with Gasteiger partial charge in [-0.25, -0.2) is 22.5 Å². The molecule has 2 aliphatic carbocycles. The molecule has 2 N–H and O–H groups in total. The number of alkyl halides is 4. The number of nitrogens with zero attached hydrogens (tertiary/aromatic N) is 1. The van der Waals surface area contributed by atoms with E-state index in [1.807, 2.05) is 18.2 Å². The molecule has 29 heavy (non-hydrogen) atoms. The van der Waals surface area contributed by atoms with E-state index < -0.39 is 11.8 Å². The molecule has 4 rings (SSSR count). The summed E-state index contributed by atoms with van der Waals surface area (Å²) in [6.07, 6.45) is -0.618. The molecule has 1 aromatic carbocycles. The van der Waals surface area contributed by atoms with Gasteiger partial charge in [-0.15, -0.1) is 0 Å². The Hall–Kier alpha value is -2.16. The first-order valence-electron chi connectivity index (χ1n) is 9.79. The molecule has 2 fully saturated rings. The molecule has 2 saturated carbocycles. The van der Waals surface area contributed by atoms with Crippen molar-refractivity contribution in [2.24, 2.45) is 5.92 Å². The topological polar surface area (TPSA) is 67.0 Å². The fourth-order valence-corrected chi connectivity index (χ4v) is 3.85. The van der Waals surface area contributed by atoms with Gasteiger partial charge in [0.25, 0.3) is 5.92 Å². The second-order valence-corrected chi connectivity index (χ2v) is 8.15. The second-order valence-electron chi connectivity index (χ2n) is 8.15. The minimum atomic E-state index is -2.61. The molecule has 2 aliphatic rings. The van der Waals surface area contributed by atoms with Gasteiger partial charge < -0.3 is 15.0 Å². The van der Waals surface area contributed by atoms with Crippen LogP contribution < -0.4 is 5.32 Å². The third kappa shape index (κ3) is 5.07. The fraction of sp³-hybridized carbons (Fsp3) is 0.600. The number of H-pyrrole nitrogens is 1. The smallest absolute Gasteiger partial charge is 0.253 e. The number of hydrogen-bond acceptors (Lipinski definition) is 3. The minimum Gasteiger partial charge on any atom is -0.377 e. The SMILES string of the molecule is O=C(CC1CC(F)(F)C1)NCc1ccc2nc(CCOC3CC(F)(F)C3)[nH]c2c1. The average Bonchev–Trinajstić information content (AvgIpc) is 2.98. The highest BCUT2D eigenvalue weighted by Gasteiger charge is 2.46. The Kier molecular flexibility index (Phi) is 5.27. The lowest BCUT2D eigenvalue weighted by Gasteiger charge is -2.34. The van der Waals surface area contributed by atoms with E-state index in [0.717, 1.165) is 16.6 Å². The number of amides is 1. The van der Waals surface area contributed by atoms with E-state index in [2.05, 4.69) is 15.3 Å². The van der Waals surface area contributed by atoms with Crippen molar-refractivity contribution in [1.82, 2.24) is 15.3 Å². The number of fused-ring (bicyclic) bond motifs is 1. The molecular weight excluding hydrogens is 390 g/mol. The van der Waals surface area contributed by atoms with Crippen molar-refractivity contribution in [3.8, 4) is 0 Å². The van der Waals surface area contributed by atoms with Crippen LogP contribution in [0.15, 0.2) is 18.2 Å². The molecule has 2 aromatic rings. The lowest BCUT2D eigenvalue weighted by Crippen LogP contribution is -2.41. The van der Waals surface area contributed by atoms with Crippen molar-refractivity contribution >= 4 is 16.9 Å². The molecule has 0 bridgehead atoms. The maximum Gasteiger partial charge on any atom is 0.253 e. The van der Waals surface area contributed by atoms with Crippen LogP contribution in [0.5, 0.6) is 0 Å². The summed E-state index contributed by atoms with van der Waals surface area (Å²) in [5.74, 6) is -4.95. The van der Waals surface area contributed by atoms with Gasteiger partial charge in [-0.2, -0.15) is 0 Å². The van der Waals surface area contributed by atoms with Crippen LogP contribution in [-0.2, 0) is 22.5 Å². The zero-order valence-electron chi connectivity index (χ0n) is 15.8. The molecule has 0 saturated heterocycles. The lowest BCUT2D eigenvalue weighted by atomic mass is 9.79. The molecule has 0 unspecified atom stereocenters. The number of benzene rings is 1. The molecule has 1 amide bonds. The summed E-state index contributed by atoms with van der Waals surface area (Å²) in [5.41, 5.74) is 2.44. The summed E-state index contributed by atoms with van der Waals surface area (Å²) in [4.78, 5) is 19.5. The van der Waals surface area contributed by atoms with Crippen molar-refractivity contribution < 1.29 is 27.1 Å². The molecule has 0 radical (unpaired) electrons. The zero-order valence-corrected chi connectivity index (χ0v) is 15.8. The van der Waals surface area contributed by atoms with Gasteiger partial charge >= 0.3 is 0 Å². The number of carbonyl (C=O) groups excluding carboxylic acids is 1. The number of aromatic nitrogens is 2. The van der Waals surface area contributed by atoms with Crippen molar-refractivity contribution in [2.45, 2.75) is 63.0 Å². The van der Waals surface area contributed by atoms with Gasteiger partial charge in [0.2, 0.25) is 11.8 Å². The van der Waals surface area contributed by atoms with E-state index in [1.54, 1.807) is 0 Å². The van der Waals surface area contributed by atoms with Gasteiger partial charge in [0.05, 0.1) is 23.7 Å². The van der Waals surface area contributed by atoms with E-state index in [-0.39, 0.29) is 50.0 Å². The molecule has 158 valence electrons. The van der Waals surface area contributed by atoms with E-state index in [1.165, 1.54) is 0 Å². The Morgan fingerprint density at radius 2 is 1.90 bits per heavy atom. The zero-order chi connectivity index (χ0) is 20.6. The van der Waals surface area contributed by atoms with Gasteiger partial charge in [0, 0.05) is 45.1 Å². The summed E-state index contributed by atoms with van der Waals surface area (Å²) in [6, 6.07) is 5.55.